The zero-order valence-corrected chi connectivity index (χ0v) is 11.3. The third kappa shape index (κ3) is 2.47. The van der Waals surface area contributed by atoms with Gasteiger partial charge in [-0.05, 0) is 50.3 Å². The Kier molecular flexibility index (Phi) is 3.20. The molecule has 18 heavy (non-hydrogen) atoms. The molecule has 2 aliphatic rings. The van der Waals surface area contributed by atoms with Crippen molar-refractivity contribution >= 4 is 0 Å². The van der Waals surface area contributed by atoms with Gasteiger partial charge in [-0.15, -0.1) is 0 Å². The summed E-state index contributed by atoms with van der Waals surface area (Å²) in [6, 6.07) is 4.27. The average Bonchev–Trinajstić information content (AvgIpc) is 2.80. The third-order valence-corrected chi connectivity index (χ3v) is 4.53. The average molecular weight is 249 g/mol. The molecule has 0 aromatic carbocycles. The minimum absolute atomic E-state index is 0.186. The molecule has 1 aromatic rings. The molecule has 0 amide bonds. The Morgan fingerprint density at radius 1 is 1.50 bits per heavy atom. The van der Waals surface area contributed by atoms with E-state index in [1.54, 1.807) is 0 Å². The fourth-order valence-corrected chi connectivity index (χ4v) is 3.02. The quantitative estimate of drug-likeness (QED) is 0.891. The van der Waals surface area contributed by atoms with Crippen LogP contribution in [0.2, 0.25) is 0 Å². The minimum Gasteiger partial charge on any atom is -0.464 e. The summed E-state index contributed by atoms with van der Waals surface area (Å²) in [5, 5.41) is 9.60. The summed E-state index contributed by atoms with van der Waals surface area (Å²) >= 11 is 0. The molecule has 0 radical (unpaired) electrons. The summed E-state index contributed by atoms with van der Waals surface area (Å²) in [6.07, 6.45) is 2.19. The van der Waals surface area contributed by atoms with E-state index in [4.69, 9.17) is 4.42 Å². The maximum Gasteiger partial charge on any atom is 0.118 e. The molecule has 1 saturated carbocycles. The van der Waals surface area contributed by atoms with E-state index in [-0.39, 0.29) is 6.10 Å². The molecule has 3 rings (SSSR count). The second-order valence-electron chi connectivity index (χ2n) is 6.15. The zero-order chi connectivity index (χ0) is 12.7. The number of hydrogen-bond donors (Lipinski definition) is 1. The van der Waals surface area contributed by atoms with Crippen molar-refractivity contribution in [2.45, 2.75) is 45.3 Å². The van der Waals surface area contributed by atoms with Crippen LogP contribution in [-0.4, -0.2) is 29.2 Å². The fourth-order valence-electron chi connectivity index (χ4n) is 3.02. The van der Waals surface area contributed by atoms with Gasteiger partial charge in [-0.1, -0.05) is 6.92 Å². The topological polar surface area (TPSA) is 36.6 Å². The molecule has 3 nitrogen and oxygen atoms in total. The standard InChI is InChI=1S/C15H23NO2/c1-10-7-14(10)15-4-3-13(18-15)9-16-6-5-12(8-16)11(2)17/h3-4,10-12,14,17H,5-9H2,1-2H3. The van der Waals surface area contributed by atoms with Gasteiger partial charge >= 0.3 is 0 Å². The first-order valence-corrected chi connectivity index (χ1v) is 7.12. The number of rotatable bonds is 4. The van der Waals surface area contributed by atoms with Crippen molar-refractivity contribution in [2.75, 3.05) is 13.1 Å². The van der Waals surface area contributed by atoms with Crippen molar-refractivity contribution in [3.05, 3.63) is 23.7 Å². The van der Waals surface area contributed by atoms with Gasteiger partial charge in [0.05, 0.1) is 12.6 Å². The van der Waals surface area contributed by atoms with E-state index >= 15 is 0 Å². The molecule has 1 N–H and O–H groups in total. The van der Waals surface area contributed by atoms with E-state index in [9.17, 15) is 5.11 Å². The van der Waals surface area contributed by atoms with Crippen LogP contribution in [0.25, 0.3) is 0 Å². The van der Waals surface area contributed by atoms with Crippen LogP contribution in [0, 0.1) is 11.8 Å². The van der Waals surface area contributed by atoms with Crippen molar-refractivity contribution in [1.29, 1.82) is 0 Å². The summed E-state index contributed by atoms with van der Waals surface area (Å²) < 4.78 is 5.93. The molecule has 1 aromatic heterocycles. The van der Waals surface area contributed by atoms with Crippen LogP contribution in [0.5, 0.6) is 0 Å². The van der Waals surface area contributed by atoms with E-state index in [0.717, 1.165) is 37.7 Å². The van der Waals surface area contributed by atoms with Gasteiger partial charge in [0, 0.05) is 12.5 Å². The van der Waals surface area contributed by atoms with Crippen LogP contribution in [0.15, 0.2) is 16.5 Å². The monoisotopic (exact) mass is 249 g/mol. The van der Waals surface area contributed by atoms with E-state index in [1.165, 1.54) is 12.2 Å². The van der Waals surface area contributed by atoms with Crippen molar-refractivity contribution in [2.24, 2.45) is 11.8 Å². The summed E-state index contributed by atoms with van der Waals surface area (Å²) in [6.45, 7) is 7.14. The van der Waals surface area contributed by atoms with Gasteiger partial charge < -0.3 is 9.52 Å². The van der Waals surface area contributed by atoms with Crippen molar-refractivity contribution in [1.82, 2.24) is 4.90 Å². The second kappa shape index (κ2) is 4.71. The lowest BCUT2D eigenvalue weighted by Crippen LogP contribution is -2.23. The molecule has 0 bridgehead atoms. The maximum absolute atomic E-state index is 9.60. The Hall–Kier alpha value is -0.800. The summed E-state index contributed by atoms with van der Waals surface area (Å²) in [5.41, 5.74) is 0. The highest BCUT2D eigenvalue weighted by atomic mass is 16.3. The van der Waals surface area contributed by atoms with Gasteiger partial charge in [0.15, 0.2) is 0 Å². The number of furan rings is 1. The Bertz CT molecular complexity index is 412. The lowest BCUT2D eigenvalue weighted by molar-refractivity contribution is 0.126. The van der Waals surface area contributed by atoms with Gasteiger partial charge in [-0.25, -0.2) is 0 Å². The molecular formula is C15H23NO2. The molecule has 100 valence electrons. The normalized spacial score (nSPS) is 33.8. The first-order valence-electron chi connectivity index (χ1n) is 7.12. The van der Waals surface area contributed by atoms with Crippen molar-refractivity contribution in [3.63, 3.8) is 0 Å². The smallest absolute Gasteiger partial charge is 0.118 e. The van der Waals surface area contributed by atoms with Gasteiger partial charge in [0.25, 0.3) is 0 Å². The molecule has 2 fully saturated rings. The first kappa shape index (κ1) is 12.2. The van der Waals surface area contributed by atoms with Crippen LogP contribution >= 0.6 is 0 Å². The maximum atomic E-state index is 9.60. The predicted molar refractivity (Wildman–Crippen MR) is 70.3 cm³/mol. The Balaban J connectivity index is 1.55. The predicted octanol–water partition coefficient (Wildman–Crippen LogP) is 2.61. The Labute approximate surface area is 109 Å². The molecule has 1 aliphatic carbocycles. The van der Waals surface area contributed by atoms with Crippen LogP contribution < -0.4 is 0 Å². The van der Waals surface area contributed by atoms with E-state index in [0.29, 0.717) is 11.8 Å². The molecular weight excluding hydrogens is 226 g/mol. The van der Waals surface area contributed by atoms with Crippen LogP contribution in [0.4, 0.5) is 0 Å². The van der Waals surface area contributed by atoms with E-state index in [2.05, 4.69) is 24.0 Å². The molecule has 4 atom stereocenters. The third-order valence-electron chi connectivity index (χ3n) is 4.53. The SMILES string of the molecule is CC(O)C1CCN(Cc2ccc(C3CC3C)o2)C1. The van der Waals surface area contributed by atoms with Crippen molar-refractivity contribution in [3.8, 4) is 0 Å². The van der Waals surface area contributed by atoms with E-state index < -0.39 is 0 Å². The molecule has 1 saturated heterocycles. The van der Waals surface area contributed by atoms with Crippen molar-refractivity contribution < 1.29 is 9.52 Å². The fraction of sp³-hybridized carbons (Fsp3) is 0.733. The summed E-state index contributed by atoms with van der Waals surface area (Å²) in [7, 11) is 0. The molecule has 0 spiro atoms. The number of nitrogens with zero attached hydrogens (tertiary/aromatic N) is 1. The number of aliphatic hydroxyl groups excluding tert-OH is 1. The highest BCUT2D eigenvalue weighted by Crippen LogP contribution is 2.47. The van der Waals surface area contributed by atoms with Crippen LogP contribution in [0.3, 0.4) is 0 Å². The van der Waals surface area contributed by atoms with Gasteiger partial charge in [0.1, 0.15) is 11.5 Å². The second-order valence-corrected chi connectivity index (χ2v) is 6.15. The lowest BCUT2D eigenvalue weighted by atomic mass is 10.0. The Morgan fingerprint density at radius 3 is 2.89 bits per heavy atom. The number of likely N-dealkylation sites (tertiary alicyclic amines) is 1. The van der Waals surface area contributed by atoms with Gasteiger partial charge in [-0.2, -0.15) is 0 Å². The highest BCUT2D eigenvalue weighted by Gasteiger charge is 2.36. The lowest BCUT2D eigenvalue weighted by Gasteiger charge is -2.15. The summed E-state index contributed by atoms with van der Waals surface area (Å²) in [5.74, 6) is 4.15. The first-order chi connectivity index (χ1) is 8.63. The molecule has 4 unspecified atom stereocenters. The van der Waals surface area contributed by atoms with E-state index in [1.807, 2.05) is 6.92 Å². The van der Waals surface area contributed by atoms with Gasteiger partial charge in [0.2, 0.25) is 0 Å². The highest BCUT2D eigenvalue weighted by molar-refractivity contribution is 5.17. The molecule has 2 heterocycles. The summed E-state index contributed by atoms with van der Waals surface area (Å²) in [4.78, 5) is 2.39. The number of hydrogen-bond acceptors (Lipinski definition) is 3. The number of aliphatic hydroxyl groups is 1. The van der Waals surface area contributed by atoms with Crippen LogP contribution in [0.1, 0.15) is 44.1 Å². The molecule has 3 heteroatoms. The minimum atomic E-state index is -0.186. The Morgan fingerprint density at radius 2 is 2.28 bits per heavy atom. The van der Waals surface area contributed by atoms with Crippen LogP contribution in [-0.2, 0) is 6.54 Å². The largest absolute Gasteiger partial charge is 0.464 e. The zero-order valence-electron chi connectivity index (χ0n) is 11.3. The molecule has 1 aliphatic heterocycles. The van der Waals surface area contributed by atoms with Gasteiger partial charge in [-0.3, -0.25) is 4.90 Å².